The molecule has 0 amide bonds. The molecule has 5 heteroatoms. The van der Waals surface area contributed by atoms with E-state index in [1.165, 1.54) is 23.5 Å². The Morgan fingerprint density at radius 1 is 1.10 bits per heavy atom. The van der Waals surface area contributed by atoms with E-state index in [1.807, 2.05) is 37.4 Å². The van der Waals surface area contributed by atoms with E-state index in [4.69, 9.17) is 14.2 Å². The predicted molar refractivity (Wildman–Crippen MR) is 92.3 cm³/mol. The van der Waals surface area contributed by atoms with E-state index in [-0.39, 0.29) is 6.10 Å². The van der Waals surface area contributed by atoms with Gasteiger partial charge in [-0.15, -0.1) is 23.5 Å². The van der Waals surface area contributed by atoms with Gasteiger partial charge in [0, 0.05) is 0 Å². The van der Waals surface area contributed by atoms with Crippen LogP contribution in [0.1, 0.15) is 25.8 Å². The van der Waals surface area contributed by atoms with Gasteiger partial charge in [-0.2, -0.15) is 0 Å². The topological polar surface area (TPSA) is 27.7 Å². The molecule has 0 unspecified atom stereocenters. The summed E-state index contributed by atoms with van der Waals surface area (Å²) in [5, 5.41) is 0. The smallest absolute Gasteiger partial charge is 0.203 e. The number of rotatable bonds is 6. The monoisotopic (exact) mass is 328 g/mol. The van der Waals surface area contributed by atoms with Crippen molar-refractivity contribution in [3.8, 4) is 17.2 Å². The van der Waals surface area contributed by atoms with Crippen molar-refractivity contribution < 1.29 is 14.2 Å². The Bertz CT molecular complexity index is 432. The molecular weight excluding hydrogens is 304 g/mol. The number of hydrogen-bond acceptors (Lipinski definition) is 5. The predicted octanol–water partition coefficient (Wildman–Crippen LogP) is 4.23. The lowest BCUT2D eigenvalue weighted by Crippen LogP contribution is -2.11. The van der Waals surface area contributed by atoms with E-state index in [0.717, 1.165) is 17.9 Å². The van der Waals surface area contributed by atoms with E-state index in [1.54, 1.807) is 14.2 Å². The van der Waals surface area contributed by atoms with Crippen LogP contribution in [0.2, 0.25) is 0 Å². The standard InChI is InChI=1S/C16H24O3S2/c1-11(2)19-16-13(17-3)8-12(9-14(16)18-4)10-15-20-6-5-7-21-15/h8-9,11,15H,5-7,10H2,1-4H3. The summed E-state index contributed by atoms with van der Waals surface area (Å²) in [7, 11) is 3.35. The molecule has 2 rings (SSSR count). The highest BCUT2D eigenvalue weighted by molar-refractivity contribution is 8.17. The van der Waals surface area contributed by atoms with Crippen molar-refractivity contribution in [2.24, 2.45) is 0 Å². The van der Waals surface area contributed by atoms with Gasteiger partial charge in [-0.25, -0.2) is 0 Å². The van der Waals surface area contributed by atoms with E-state index in [2.05, 4.69) is 12.1 Å². The fourth-order valence-electron chi connectivity index (χ4n) is 2.25. The van der Waals surface area contributed by atoms with Crippen LogP contribution in [0.5, 0.6) is 17.2 Å². The third-order valence-electron chi connectivity index (χ3n) is 3.17. The normalized spacial score (nSPS) is 16.0. The molecule has 1 aromatic rings. The van der Waals surface area contributed by atoms with E-state index in [9.17, 15) is 0 Å². The van der Waals surface area contributed by atoms with Crippen molar-refractivity contribution in [1.29, 1.82) is 0 Å². The Hall–Kier alpha value is -0.680. The zero-order valence-corrected chi connectivity index (χ0v) is 14.8. The van der Waals surface area contributed by atoms with Crippen LogP contribution in [0.4, 0.5) is 0 Å². The zero-order valence-electron chi connectivity index (χ0n) is 13.2. The van der Waals surface area contributed by atoms with Crippen LogP contribution >= 0.6 is 23.5 Å². The lowest BCUT2D eigenvalue weighted by molar-refractivity contribution is 0.218. The largest absolute Gasteiger partial charge is 0.493 e. The second-order valence-corrected chi connectivity index (χ2v) is 8.14. The minimum absolute atomic E-state index is 0.0862. The first kappa shape index (κ1) is 16.7. The Balaban J connectivity index is 2.22. The average Bonchev–Trinajstić information content (AvgIpc) is 2.49. The first-order valence-electron chi connectivity index (χ1n) is 7.28. The van der Waals surface area contributed by atoms with Crippen LogP contribution in [0.3, 0.4) is 0 Å². The maximum Gasteiger partial charge on any atom is 0.203 e. The third kappa shape index (κ3) is 4.65. The first-order chi connectivity index (χ1) is 10.1. The third-order valence-corrected chi connectivity index (χ3v) is 6.11. The van der Waals surface area contributed by atoms with Crippen LogP contribution < -0.4 is 14.2 Å². The lowest BCUT2D eigenvalue weighted by Gasteiger charge is -2.22. The molecule has 0 aromatic heterocycles. The molecular formula is C16H24O3S2. The minimum Gasteiger partial charge on any atom is -0.493 e. The second kappa shape index (κ2) is 8.08. The first-order valence-corrected chi connectivity index (χ1v) is 9.38. The molecule has 0 spiro atoms. The summed E-state index contributed by atoms with van der Waals surface area (Å²) < 4.78 is 17.5. The number of benzene rings is 1. The van der Waals surface area contributed by atoms with Crippen molar-refractivity contribution in [2.45, 2.75) is 37.4 Å². The molecule has 1 fully saturated rings. The lowest BCUT2D eigenvalue weighted by atomic mass is 10.1. The Kier molecular flexibility index (Phi) is 6.42. The maximum absolute atomic E-state index is 5.84. The number of thioether (sulfide) groups is 2. The molecule has 118 valence electrons. The van der Waals surface area contributed by atoms with Gasteiger partial charge in [-0.05, 0) is 55.9 Å². The highest BCUT2D eigenvalue weighted by atomic mass is 32.2. The molecule has 0 bridgehead atoms. The molecule has 0 atom stereocenters. The molecule has 1 saturated heterocycles. The van der Waals surface area contributed by atoms with Gasteiger partial charge in [0.15, 0.2) is 11.5 Å². The SMILES string of the molecule is COc1cc(CC2SCCCS2)cc(OC)c1OC(C)C. The fraction of sp³-hybridized carbons (Fsp3) is 0.625. The number of ether oxygens (including phenoxy) is 3. The highest BCUT2D eigenvalue weighted by Crippen LogP contribution is 2.41. The summed E-state index contributed by atoms with van der Waals surface area (Å²) >= 11 is 4.10. The molecule has 1 aromatic carbocycles. The minimum atomic E-state index is 0.0862. The summed E-state index contributed by atoms with van der Waals surface area (Å²) in [4.78, 5) is 0. The molecule has 0 saturated carbocycles. The van der Waals surface area contributed by atoms with Crippen LogP contribution in [-0.4, -0.2) is 36.4 Å². The summed E-state index contributed by atoms with van der Waals surface area (Å²) in [5.41, 5.74) is 1.24. The van der Waals surface area contributed by atoms with Crippen LogP contribution in [0.15, 0.2) is 12.1 Å². The molecule has 1 aliphatic rings. The van der Waals surface area contributed by atoms with Crippen molar-refractivity contribution in [2.75, 3.05) is 25.7 Å². The van der Waals surface area contributed by atoms with Crippen LogP contribution in [-0.2, 0) is 6.42 Å². The van der Waals surface area contributed by atoms with Gasteiger partial charge >= 0.3 is 0 Å². The van der Waals surface area contributed by atoms with Gasteiger partial charge in [-0.1, -0.05) is 0 Å². The molecule has 21 heavy (non-hydrogen) atoms. The highest BCUT2D eigenvalue weighted by Gasteiger charge is 2.19. The molecule has 1 aliphatic heterocycles. The maximum atomic E-state index is 5.84. The van der Waals surface area contributed by atoms with E-state index < -0.39 is 0 Å². The van der Waals surface area contributed by atoms with E-state index in [0.29, 0.717) is 10.3 Å². The Morgan fingerprint density at radius 3 is 2.14 bits per heavy atom. The molecule has 1 heterocycles. The van der Waals surface area contributed by atoms with Gasteiger partial charge in [-0.3, -0.25) is 0 Å². The van der Waals surface area contributed by atoms with Crippen molar-refractivity contribution >= 4 is 23.5 Å². The average molecular weight is 328 g/mol. The van der Waals surface area contributed by atoms with E-state index >= 15 is 0 Å². The Morgan fingerprint density at radius 2 is 1.67 bits per heavy atom. The summed E-state index contributed by atoms with van der Waals surface area (Å²) in [6.45, 7) is 4.00. The molecule has 3 nitrogen and oxygen atoms in total. The quantitative estimate of drug-likeness (QED) is 0.779. The second-order valence-electron chi connectivity index (χ2n) is 5.22. The van der Waals surface area contributed by atoms with Crippen molar-refractivity contribution in [3.63, 3.8) is 0 Å². The van der Waals surface area contributed by atoms with Gasteiger partial charge in [0.05, 0.1) is 24.9 Å². The van der Waals surface area contributed by atoms with Crippen molar-refractivity contribution in [1.82, 2.24) is 0 Å². The zero-order chi connectivity index (χ0) is 15.2. The van der Waals surface area contributed by atoms with Gasteiger partial charge in [0.25, 0.3) is 0 Å². The Labute approximate surface area is 136 Å². The van der Waals surface area contributed by atoms with Crippen molar-refractivity contribution in [3.05, 3.63) is 17.7 Å². The van der Waals surface area contributed by atoms with Gasteiger partial charge < -0.3 is 14.2 Å². The fourth-order valence-corrected chi connectivity index (χ4v) is 5.16. The van der Waals surface area contributed by atoms with Gasteiger partial charge in [0.1, 0.15) is 0 Å². The summed E-state index contributed by atoms with van der Waals surface area (Å²) in [6, 6.07) is 4.16. The molecule has 0 N–H and O–H groups in total. The summed E-state index contributed by atoms with van der Waals surface area (Å²) in [5.74, 6) is 4.73. The number of methoxy groups -OCH3 is 2. The number of hydrogen-bond donors (Lipinski definition) is 0. The molecule has 0 radical (unpaired) electrons. The summed E-state index contributed by atoms with van der Waals surface area (Å²) in [6.07, 6.45) is 2.44. The van der Waals surface area contributed by atoms with Crippen LogP contribution in [0, 0.1) is 0 Å². The van der Waals surface area contributed by atoms with Gasteiger partial charge in [0.2, 0.25) is 5.75 Å². The molecule has 0 aliphatic carbocycles. The van der Waals surface area contributed by atoms with Crippen LogP contribution in [0.25, 0.3) is 0 Å².